The van der Waals surface area contributed by atoms with Crippen LogP contribution in [-0.2, 0) is 4.79 Å². The molecule has 0 heterocycles. The fraction of sp³-hybridized carbons (Fsp3) is 0.800. The van der Waals surface area contributed by atoms with E-state index < -0.39 is 14.8 Å². The molecule has 0 aliphatic carbocycles. The maximum Gasteiger partial charge on any atom is 0.303 e. The molecular formula is C5H11O2Si. The zero-order valence-corrected chi connectivity index (χ0v) is 6.43. The zero-order valence-electron chi connectivity index (χ0n) is 5.43. The van der Waals surface area contributed by atoms with Crippen molar-refractivity contribution in [2.75, 3.05) is 0 Å². The Balaban J connectivity index is 3.64. The molecule has 0 aromatic carbocycles. The number of carboxylic acids is 1. The summed E-state index contributed by atoms with van der Waals surface area (Å²) in [6.45, 7) is 5.77. The number of rotatable bonds is 2. The quantitative estimate of drug-likeness (QED) is 0.572. The third-order valence-corrected chi connectivity index (χ3v) is 3.22. The molecule has 0 spiro atoms. The lowest BCUT2D eigenvalue weighted by atomic mass is 10.5. The molecule has 8 heavy (non-hydrogen) atoms. The Hall–Kier alpha value is -0.313. The first-order valence-corrected chi connectivity index (χ1v) is 5.16. The molecule has 0 saturated heterocycles. The third kappa shape index (κ3) is 2.11. The summed E-state index contributed by atoms with van der Waals surface area (Å²) in [7, 11) is -0.611. The summed E-state index contributed by atoms with van der Waals surface area (Å²) in [6.07, 6.45) is 0. The van der Waals surface area contributed by atoms with E-state index in [4.69, 9.17) is 5.11 Å². The molecule has 0 saturated carbocycles. The lowest BCUT2D eigenvalue weighted by molar-refractivity contribution is -0.136. The van der Waals surface area contributed by atoms with E-state index in [9.17, 15) is 4.79 Å². The van der Waals surface area contributed by atoms with Gasteiger partial charge in [-0.05, 0) is 0 Å². The van der Waals surface area contributed by atoms with Crippen LogP contribution in [0.4, 0.5) is 0 Å². The predicted molar refractivity (Wildman–Crippen MR) is 34.5 cm³/mol. The Labute approximate surface area is 51.1 Å². The van der Waals surface area contributed by atoms with Crippen molar-refractivity contribution in [3.8, 4) is 0 Å². The minimum atomic E-state index is -0.663. The van der Waals surface area contributed by atoms with E-state index in [1.165, 1.54) is 0 Å². The third-order valence-electron chi connectivity index (χ3n) is 1.24. The molecule has 2 nitrogen and oxygen atoms in total. The summed E-state index contributed by atoms with van der Waals surface area (Å²) < 4.78 is 0. The Kier molecular flexibility index (Phi) is 2.75. The Morgan fingerprint density at radius 3 is 2.00 bits per heavy atom. The summed E-state index contributed by atoms with van der Waals surface area (Å²) in [5, 5.41) is 8.38. The van der Waals surface area contributed by atoms with Crippen LogP contribution in [0.3, 0.4) is 0 Å². The van der Waals surface area contributed by atoms with Crippen LogP contribution in [0.1, 0.15) is 6.92 Å². The maximum atomic E-state index is 10.2. The summed E-state index contributed by atoms with van der Waals surface area (Å²) in [4.78, 5) is 10.2. The first-order chi connectivity index (χ1) is 3.55. The van der Waals surface area contributed by atoms with Crippen molar-refractivity contribution in [2.45, 2.75) is 25.6 Å². The minimum absolute atomic E-state index is 0.111. The van der Waals surface area contributed by atoms with Crippen LogP contribution in [0.15, 0.2) is 0 Å². The van der Waals surface area contributed by atoms with Crippen molar-refractivity contribution in [3.63, 3.8) is 0 Å². The van der Waals surface area contributed by atoms with Gasteiger partial charge in [0.1, 0.15) is 0 Å². The second-order valence-electron chi connectivity index (χ2n) is 2.14. The van der Waals surface area contributed by atoms with E-state index in [1.807, 2.05) is 13.1 Å². The standard InChI is InChI=1S/C5H11O2Si/c1-4(5(6)7)8(2)3/h4H,1-3H3,(H,6,7). The molecule has 1 atom stereocenters. The van der Waals surface area contributed by atoms with E-state index in [2.05, 4.69) is 0 Å². The van der Waals surface area contributed by atoms with Gasteiger partial charge in [0.2, 0.25) is 0 Å². The van der Waals surface area contributed by atoms with Crippen molar-refractivity contribution in [2.24, 2.45) is 0 Å². The molecule has 47 valence electrons. The molecule has 1 N–H and O–H groups in total. The molecule has 0 rings (SSSR count). The number of carboxylic acid groups (broad SMARTS) is 1. The van der Waals surface area contributed by atoms with E-state index in [1.54, 1.807) is 6.92 Å². The van der Waals surface area contributed by atoms with Gasteiger partial charge in [0.05, 0.1) is 8.80 Å². The highest BCUT2D eigenvalue weighted by Crippen LogP contribution is 2.07. The summed E-state index contributed by atoms with van der Waals surface area (Å²) in [5.41, 5.74) is -0.111. The van der Waals surface area contributed by atoms with Gasteiger partial charge in [0, 0.05) is 5.54 Å². The first kappa shape index (κ1) is 7.69. The number of hydrogen-bond acceptors (Lipinski definition) is 1. The topological polar surface area (TPSA) is 37.3 Å². The smallest absolute Gasteiger partial charge is 0.303 e. The summed E-state index contributed by atoms with van der Waals surface area (Å²) in [5.74, 6) is -0.663. The van der Waals surface area contributed by atoms with Gasteiger partial charge >= 0.3 is 5.97 Å². The highest BCUT2D eigenvalue weighted by Gasteiger charge is 2.15. The van der Waals surface area contributed by atoms with E-state index in [0.717, 1.165) is 0 Å². The first-order valence-electron chi connectivity index (χ1n) is 2.58. The molecule has 0 aliphatic heterocycles. The monoisotopic (exact) mass is 131 g/mol. The van der Waals surface area contributed by atoms with Gasteiger partial charge in [0.25, 0.3) is 0 Å². The van der Waals surface area contributed by atoms with Gasteiger partial charge in [-0.2, -0.15) is 0 Å². The average molecular weight is 131 g/mol. The zero-order chi connectivity index (χ0) is 6.73. The molecule has 1 unspecified atom stereocenters. The highest BCUT2D eigenvalue weighted by atomic mass is 28.3. The molecule has 0 aromatic heterocycles. The molecular weight excluding hydrogens is 120 g/mol. The minimum Gasteiger partial charge on any atom is -0.481 e. The van der Waals surface area contributed by atoms with Gasteiger partial charge in [-0.3, -0.25) is 4.79 Å². The Morgan fingerprint density at radius 1 is 1.62 bits per heavy atom. The van der Waals surface area contributed by atoms with Gasteiger partial charge in [-0.1, -0.05) is 20.0 Å². The Bertz CT molecular complexity index is 90.4. The second kappa shape index (κ2) is 2.87. The second-order valence-corrected chi connectivity index (χ2v) is 5.16. The van der Waals surface area contributed by atoms with Crippen LogP contribution in [0, 0.1) is 0 Å². The fourth-order valence-corrected chi connectivity index (χ4v) is 0.741. The molecule has 0 fully saturated rings. The molecule has 0 aromatic rings. The number of aliphatic carboxylic acids is 1. The van der Waals surface area contributed by atoms with Crippen LogP contribution < -0.4 is 0 Å². The highest BCUT2D eigenvalue weighted by molar-refractivity contribution is 6.61. The SMILES string of the molecule is CC(C(=O)O)[Si](C)C. The molecule has 0 bridgehead atoms. The number of hydrogen-bond donors (Lipinski definition) is 1. The van der Waals surface area contributed by atoms with Gasteiger partial charge < -0.3 is 5.11 Å². The van der Waals surface area contributed by atoms with Crippen LogP contribution in [0.25, 0.3) is 0 Å². The number of carbonyl (C=O) groups is 1. The van der Waals surface area contributed by atoms with Crippen LogP contribution >= 0.6 is 0 Å². The van der Waals surface area contributed by atoms with Crippen molar-refractivity contribution in [1.29, 1.82) is 0 Å². The van der Waals surface area contributed by atoms with Gasteiger partial charge in [-0.25, -0.2) is 0 Å². The predicted octanol–water partition coefficient (Wildman–Crippen LogP) is 1.22. The largest absolute Gasteiger partial charge is 0.481 e. The van der Waals surface area contributed by atoms with E-state index >= 15 is 0 Å². The van der Waals surface area contributed by atoms with Gasteiger partial charge in [0.15, 0.2) is 0 Å². The van der Waals surface area contributed by atoms with Crippen molar-refractivity contribution in [1.82, 2.24) is 0 Å². The fourth-order valence-electron chi connectivity index (χ4n) is 0.247. The van der Waals surface area contributed by atoms with Crippen LogP contribution in [-0.4, -0.2) is 19.9 Å². The van der Waals surface area contributed by atoms with Crippen molar-refractivity contribution < 1.29 is 9.90 Å². The molecule has 0 aliphatic rings. The Morgan fingerprint density at radius 2 is 2.00 bits per heavy atom. The molecule has 1 radical (unpaired) electrons. The lowest BCUT2D eigenvalue weighted by Crippen LogP contribution is -2.17. The summed E-state index contributed by atoms with van der Waals surface area (Å²) >= 11 is 0. The molecule has 0 amide bonds. The summed E-state index contributed by atoms with van der Waals surface area (Å²) in [6, 6.07) is 0. The van der Waals surface area contributed by atoms with Crippen molar-refractivity contribution in [3.05, 3.63) is 0 Å². The van der Waals surface area contributed by atoms with E-state index in [0.29, 0.717) is 0 Å². The van der Waals surface area contributed by atoms with Crippen LogP contribution in [0.5, 0.6) is 0 Å². The normalized spacial score (nSPS) is 14.0. The maximum absolute atomic E-state index is 10.2. The molecule has 3 heteroatoms. The lowest BCUT2D eigenvalue weighted by Gasteiger charge is -2.05. The average Bonchev–Trinajstić information content (AvgIpc) is 1.64. The van der Waals surface area contributed by atoms with Crippen molar-refractivity contribution >= 4 is 14.8 Å². The van der Waals surface area contributed by atoms with E-state index in [-0.39, 0.29) is 5.54 Å². The van der Waals surface area contributed by atoms with Gasteiger partial charge in [-0.15, -0.1) is 0 Å². The van der Waals surface area contributed by atoms with Crippen LogP contribution in [0.2, 0.25) is 18.6 Å².